The molecule has 124 valence electrons. The summed E-state index contributed by atoms with van der Waals surface area (Å²) < 4.78 is 26.3. The van der Waals surface area contributed by atoms with Gasteiger partial charge in [0, 0.05) is 6.04 Å². The first-order valence-corrected chi connectivity index (χ1v) is 10.5. The van der Waals surface area contributed by atoms with E-state index in [0.29, 0.717) is 11.8 Å². The molecule has 2 saturated carbocycles. The summed E-state index contributed by atoms with van der Waals surface area (Å²) in [6, 6.07) is 0.167. The lowest BCUT2D eigenvalue weighted by atomic mass is 9.83. The van der Waals surface area contributed by atoms with E-state index in [1.165, 1.54) is 25.7 Å². The van der Waals surface area contributed by atoms with E-state index in [4.69, 9.17) is 0 Å². The number of nitrogens with one attached hydrogen (secondary N) is 1. The predicted molar refractivity (Wildman–Crippen MR) is 89.2 cm³/mol. The molecule has 0 heterocycles. The predicted octanol–water partition coefficient (Wildman–Crippen LogP) is 3.54. The van der Waals surface area contributed by atoms with Gasteiger partial charge in [-0.05, 0) is 51.0 Å². The first-order valence-electron chi connectivity index (χ1n) is 8.89. The third-order valence-corrected chi connectivity index (χ3v) is 8.47. The van der Waals surface area contributed by atoms with E-state index in [0.717, 1.165) is 32.1 Å². The molecule has 5 atom stereocenters. The lowest BCUT2D eigenvalue weighted by molar-refractivity contribution is 0.284. The summed E-state index contributed by atoms with van der Waals surface area (Å²) in [5.41, 5.74) is 0. The van der Waals surface area contributed by atoms with Gasteiger partial charge in [0.15, 0.2) is 9.84 Å². The Morgan fingerprint density at radius 2 is 1.86 bits per heavy atom. The van der Waals surface area contributed by atoms with Crippen LogP contribution in [-0.2, 0) is 9.84 Å². The second-order valence-electron chi connectivity index (χ2n) is 7.38. The van der Waals surface area contributed by atoms with Crippen LogP contribution in [0.15, 0.2) is 0 Å². The molecule has 0 radical (unpaired) electrons. The van der Waals surface area contributed by atoms with E-state index in [-0.39, 0.29) is 16.5 Å². The molecule has 2 aliphatic carbocycles. The molecular formula is C17H33NO2S. The highest BCUT2D eigenvalue weighted by Gasteiger charge is 2.42. The zero-order chi connectivity index (χ0) is 15.5. The van der Waals surface area contributed by atoms with Crippen molar-refractivity contribution in [2.75, 3.05) is 7.05 Å². The van der Waals surface area contributed by atoms with Gasteiger partial charge >= 0.3 is 0 Å². The van der Waals surface area contributed by atoms with Gasteiger partial charge in [-0.15, -0.1) is 0 Å². The second-order valence-corrected chi connectivity index (χ2v) is 9.83. The lowest BCUT2D eigenvalue weighted by Gasteiger charge is -2.39. The van der Waals surface area contributed by atoms with Crippen molar-refractivity contribution in [3.8, 4) is 0 Å². The first kappa shape index (κ1) is 17.3. The van der Waals surface area contributed by atoms with E-state index >= 15 is 0 Å². The summed E-state index contributed by atoms with van der Waals surface area (Å²) >= 11 is 0. The summed E-state index contributed by atoms with van der Waals surface area (Å²) in [5.74, 6) is 1.18. The topological polar surface area (TPSA) is 46.2 Å². The van der Waals surface area contributed by atoms with Crippen LogP contribution in [0.5, 0.6) is 0 Å². The zero-order valence-electron chi connectivity index (χ0n) is 14.0. The molecule has 2 aliphatic rings. The molecule has 0 spiro atoms. The average Bonchev–Trinajstić information content (AvgIpc) is 2.47. The van der Waals surface area contributed by atoms with Gasteiger partial charge in [0.05, 0.1) is 10.5 Å². The molecule has 4 heteroatoms. The SMILES string of the molecule is CCCC1CCC(NC)C(S(=O)(=O)C2CCCC(C)C2)C1. The van der Waals surface area contributed by atoms with Crippen molar-refractivity contribution in [1.29, 1.82) is 0 Å². The number of rotatable bonds is 5. The number of hydrogen-bond donors (Lipinski definition) is 1. The summed E-state index contributed by atoms with van der Waals surface area (Å²) in [5, 5.41) is 3.06. The van der Waals surface area contributed by atoms with Gasteiger partial charge in [0.25, 0.3) is 0 Å². The van der Waals surface area contributed by atoms with E-state index in [9.17, 15) is 8.42 Å². The molecule has 3 nitrogen and oxygen atoms in total. The van der Waals surface area contributed by atoms with E-state index < -0.39 is 9.84 Å². The highest BCUT2D eigenvalue weighted by molar-refractivity contribution is 7.92. The van der Waals surface area contributed by atoms with Crippen molar-refractivity contribution < 1.29 is 8.42 Å². The molecule has 21 heavy (non-hydrogen) atoms. The van der Waals surface area contributed by atoms with Gasteiger partial charge in [-0.25, -0.2) is 8.42 Å². The Morgan fingerprint density at radius 1 is 1.10 bits per heavy atom. The Balaban J connectivity index is 2.13. The average molecular weight is 316 g/mol. The molecule has 1 N–H and O–H groups in total. The van der Waals surface area contributed by atoms with Crippen LogP contribution < -0.4 is 5.32 Å². The van der Waals surface area contributed by atoms with E-state index in [1.54, 1.807) is 0 Å². The van der Waals surface area contributed by atoms with Crippen molar-refractivity contribution in [2.45, 2.75) is 88.2 Å². The van der Waals surface area contributed by atoms with Gasteiger partial charge < -0.3 is 5.32 Å². The fraction of sp³-hybridized carbons (Fsp3) is 1.00. The zero-order valence-corrected chi connectivity index (χ0v) is 14.8. The minimum atomic E-state index is -2.99. The first-order chi connectivity index (χ1) is 9.98. The van der Waals surface area contributed by atoms with Gasteiger partial charge in [-0.3, -0.25) is 0 Å². The van der Waals surface area contributed by atoms with Crippen molar-refractivity contribution in [3.63, 3.8) is 0 Å². The molecule has 0 aromatic heterocycles. The Kier molecular flexibility index (Phi) is 6.13. The number of sulfone groups is 1. The Labute approximate surface area is 131 Å². The fourth-order valence-corrected chi connectivity index (χ4v) is 7.36. The Hall–Kier alpha value is -0.0900. The minimum Gasteiger partial charge on any atom is -0.316 e. The van der Waals surface area contributed by atoms with Crippen LogP contribution >= 0.6 is 0 Å². The normalized spacial score (nSPS) is 38.3. The van der Waals surface area contributed by atoms with E-state index in [2.05, 4.69) is 19.2 Å². The second kappa shape index (κ2) is 7.45. The standard InChI is InChI=1S/C17H33NO2S/c1-4-6-14-9-10-16(18-3)17(12-14)21(19,20)15-8-5-7-13(2)11-15/h13-18H,4-12H2,1-3H3. The maximum atomic E-state index is 13.2. The smallest absolute Gasteiger partial charge is 0.157 e. The monoisotopic (exact) mass is 315 g/mol. The molecule has 0 amide bonds. The van der Waals surface area contributed by atoms with Gasteiger partial charge in [0.1, 0.15) is 0 Å². The van der Waals surface area contributed by atoms with Gasteiger partial charge in [-0.2, -0.15) is 0 Å². The molecule has 5 unspecified atom stereocenters. The van der Waals surface area contributed by atoms with Crippen LogP contribution in [0.1, 0.15) is 71.6 Å². The van der Waals surface area contributed by atoms with Crippen LogP contribution in [0, 0.1) is 11.8 Å². The van der Waals surface area contributed by atoms with Crippen LogP contribution in [0.25, 0.3) is 0 Å². The van der Waals surface area contributed by atoms with Crippen molar-refractivity contribution in [2.24, 2.45) is 11.8 Å². The molecular weight excluding hydrogens is 282 g/mol. The maximum Gasteiger partial charge on any atom is 0.157 e. The third-order valence-electron chi connectivity index (χ3n) is 5.74. The Morgan fingerprint density at radius 3 is 2.48 bits per heavy atom. The summed E-state index contributed by atoms with van der Waals surface area (Å²) in [4.78, 5) is 0. The van der Waals surface area contributed by atoms with Crippen molar-refractivity contribution >= 4 is 9.84 Å². The largest absolute Gasteiger partial charge is 0.316 e. The third kappa shape index (κ3) is 4.01. The van der Waals surface area contributed by atoms with Gasteiger partial charge in [-0.1, -0.05) is 39.5 Å². The Bertz CT molecular complexity index is 421. The van der Waals surface area contributed by atoms with Crippen molar-refractivity contribution in [3.05, 3.63) is 0 Å². The van der Waals surface area contributed by atoms with Crippen LogP contribution in [-0.4, -0.2) is 32.0 Å². The highest BCUT2D eigenvalue weighted by Crippen LogP contribution is 2.37. The summed E-state index contributed by atoms with van der Waals surface area (Å²) in [6.45, 7) is 4.41. The summed E-state index contributed by atoms with van der Waals surface area (Å²) in [6.07, 6.45) is 9.49. The van der Waals surface area contributed by atoms with Gasteiger partial charge in [0.2, 0.25) is 0 Å². The molecule has 0 bridgehead atoms. The molecule has 0 aromatic rings. The molecule has 2 rings (SSSR count). The quantitative estimate of drug-likeness (QED) is 0.844. The lowest BCUT2D eigenvalue weighted by Crippen LogP contribution is -2.50. The van der Waals surface area contributed by atoms with Crippen molar-refractivity contribution in [1.82, 2.24) is 5.32 Å². The van der Waals surface area contributed by atoms with Crippen LogP contribution in [0.3, 0.4) is 0 Å². The minimum absolute atomic E-state index is 0.0810. The highest BCUT2D eigenvalue weighted by atomic mass is 32.2. The summed E-state index contributed by atoms with van der Waals surface area (Å²) in [7, 11) is -1.07. The fourth-order valence-electron chi connectivity index (χ4n) is 4.50. The van der Waals surface area contributed by atoms with E-state index in [1.807, 2.05) is 7.05 Å². The van der Waals surface area contributed by atoms with Crippen LogP contribution in [0.2, 0.25) is 0 Å². The number of hydrogen-bond acceptors (Lipinski definition) is 3. The maximum absolute atomic E-state index is 13.2. The molecule has 0 aliphatic heterocycles. The molecule has 2 fully saturated rings. The van der Waals surface area contributed by atoms with Crippen LogP contribution in [0.4, 0.5) is 0 Å². The molecule has 0 saturated heterocycles. The molecule has 0 aromatic carbocycles.